The lowest BCUT2D eigenvalue weighted by molar-refractivity contribution is -0.242. The molecule has 0 aromatic heterocycles. The number of carbonyl (C=O) groups excluding carboxylic acids is 3. The molecule has 2 bridgehead atoms. The molecular formula is C12H16O8. The summed E-state index contributed by atoms with van der Waals surface area (Å²) >= 11 is 0. The third-order valence-electron chi connectivity index (χ3n) is 2.92. The van der Waals surface area contributed by atoms with Gasteiger partial charge in [-0.3, -0.25) is 14.4 Å². The number of rotatable bonds is 3. The summed E-state index contributed by atoms with van der Waals surface area (Å²) < 4.78 is 26.1. The Hall–Kier alpha value is -1.67. The van der Waals surface area contributed by atoms with Crippen LogP contribution in [0.4, 0.5) is 0 Å². The fourth-order valence-electron chi connectivity index (χ4n) is 2.32. The molecule has 8 heteroatoms. The van der Waals surface area contributed by atoms with Crippen LogP contribution in [-0.2, 0) is 38.1 Å². The normalized spacial score (nSPS) is 35.2. The largest absolute Gasteiger partial charge is 0.457 e. The smallest absolute Gasteiger partial charge is 0.303 e. The van der Waals surface area contributed by atoms with Crippen molar-refractivity contribution < 1.29 is 38.1 Å². The highest BCUT2D eigenvalue weighted by Gasteiger charge is 2.56. The van der Waals surface area contributed by atoms with Crippen LogP contribution in [-0.4, -0.2) is 55.2 Å². The van der Waals surface area contributed by atoms with Crippen LogP contribution in [0.5, 0.6) is 0 Å². The maximum Gasteiger partial charge on any atom is 0.303 e. The zero-order valence-corrected chi connectivity index (χ0v) is 11.4. The minimum atomic E-state index is -0.873. The van der Waals surface area contributed by atoms with Crippen LogP contribution in [0.3, 0.4) is 0 Å². The number of fused-ring (bicyclic) bond motifs is 2. The van der Waals surface area contributed by atoms with Gasteiger partial charge in [0.15, 0.2) is 24.6 Å². The van der Waals surface area contributed by atoms with Crippen LogP contribution >= 0.6 is 0 Å². The second-order valence-corrected chi connectivity index (χ2v) is 4.60. The lowest BCUT2D eigenvalue weighted by Gasteiger charge is -2.29. The van der Waals surface area contributed by atoms with Gasteiger partial charge in [0.1, 0.15) is 6.10 Å². The third kappa shape index (κ3) is 3.07. The first kappa shape index (κ1) is 14.7. The zero-order chi connectivity index (χ0) is 14.9. The van der Waals surface area contributed by atoms with E-state index in [0.29, 0.717) is 0 Å². The van der Waals surface area contributed by atoms with Gasteiger partial charge in [0.05, 0.1) is 6.61 Å². The van der Waals surface area contributed by atoms with E-state index < -0.39 is 48.6 Å². The molecule has 2 aliphatic heterocycles. The van der Waals surface area contributed by atoms with Crippen LogP contribution in [0.2, 0.25) is 0 Å². The molecule has 20 heavy (non-hydrogen) atoms. The van der Waals surface area contributed by atoms with Crippen LogP contribution in [0.1, 0.15) is 20.8 Å². The maximum absolute atomic E-state index is 11.2. The van der Waals surface area contributed by atoms with E-state index in [1.54, 1.807) is 0 Å². The molecule has 0 aromatic rings. The van der Waals surface area contributed by atoms with E-state index in [0.717, 1.165) is 0 Å². The predicted molar refractivity (Wildman–Crippen MR) is 61.3 cm³/mol. The summed E-state index contributed by atoms with van der Waals surface area (Å²) in [5.41, 5.74) is 0. The van der Waals surface area contributed by atoms with Gasteiger partial charge in [0, 0.05) is 20.8 Å². The van der Waals surface area contributed by atoms with Gasteiger partial charge in [0.25, 0.3) is 0 Å². The molecule has 0 amide bonds. The second kappa shape index (κ2) is 5.76. The highest BCUT2D eigenvalue weighted by molar-refractivity contribution is 5.68. The van der Waals surface area contributed by atoms with Crippen LogP contribution in [0.25, 0.3) is 0 Å². The summed E-state index contributed by atoms with van der Waals surface area (Å²) in [4.78, 5) is 33.4. The summed E-state index contributed by atoms with van der Waals surface area (Å²) in [5, 5.41) is 0. The first-order valence-electron chi connectivity index (χ1n) is 6.17. The Labute approximate surface area is 115 Å². The number of esters is 3. The monoisotopic (exact) mass is 288 g/mol. The zero-order valence-electron chi connectivity index (χ0n) is 11.4. The van der Waals surface area contributed by atoms with Gasteiger partial charge in [-0.25, -0.2) is 0 Å². The second-order valence-electron chi connectivity index (χ2n) is 4.60. The number of hydrogen-bond donors (Lipinski definition) is 0. The van der Waals surface area contributed by atoms with E-state index in [2.05, 4.69) is 0 Å². The molecule has 2 rings (SSSR count). The average molecular weight is 288 g/mol. The van der Waals surface area contributed by atoms with Gasteiger partial charge in [-0.15, -0.1) is 0 Å². The maximum atomic E-state index is 11.2. The molecule has 2 heterocycles. The third-order valence-corrected chi connectivity index (χ3v) is 2.92. The molecule has 0 unspecified atom stereocenters. The Balaban J connectivity index is 2.17. The molecular weight excluding hydrogens is 272 g/mol. The molecule has 2 fully saturated rings. The van der Waals surface area contributed by atoms with Gasteiger partial charge in [-0.2, -0.15) is 0 Å². The topological polar surface area (TPSA) is 97.4 Å². The van der Waals surface area contributed by atoms with E-state index in [9.17, 15) is 14.4 Å². The highest BCUT2D eigenvalue weighted by atomic mass is 16.8. The van der Waals surface area contributed by atoms with Crippen molar-refractivity contribution in [3.8, 4) is 0 Å². The van der Waals surface area contributed by atoms with Crippen molar-refractivity contribution in [1.29, 1.82) is 0 Å². The molecule has 112 valence electrons. The molecule has 0 N–H and O–H groups in total. The first-order chi connectivity index (χ1) is 9.38. The van der Waals surface area contributed by atoms with Crippen molar-refractivity contribution in [3.63, 3.8) is 0 Å². The fourth-order valence-corrected chi connectivity index (χ4v) is 2.32. The number of carbonyl (C=O) groups is 3. The lowest BCUT2D eigenvalue weighted by Crippen LogP contribution is -2.45. The number of hydrogen-bond acceptors (Lipinski definition) is 8. The predicted octanol–water partition coefficient (Wildman–Crippen LogP) is -0.463. The molecule has 0 saturated carbocycles. The minimum Gasteiger partial charge on any atom is -0.457 e. The van der Waals surface area contributed by atoms with Crippen molar-refractivity contribution >= 4 is 17.9 Å². The number of ether oxygens (including phenoxy) is 5. The van der Waals surface area contributed by atoms with Crippen LogP contribution in [0.15, 0.2) is 0 Å². The molecule has 2 saturated heterocycles. The molecule has 0 aromatic carbocycles. The summed E-state index contributed by atoms with van der Waals surface area (Å²) in [6, 6.07) is 0. The minimum absolute atomic E-state index is 0.0877. The van der Waals surface area contributed by atoms with E-state index in [1.165, 1.54) is 20.8 Å². The fraction of sp³-hybridized carbons (Fsp3) is 0.750. The Kier molecular flexibility index (Phi) is 4.24. The molecule has 0 radical (unpaired) electrons. The lowest BCUT2D eigenvalue weighted by atomic mass is 10.1. The molecule has 0 spiro atoms. The van der Waals surface area contributed by atoms with Crippen molar-refractivity contribution in [2.24, 2.45) is 0 Å². The molecule has 5 atom stereocenters. The van der Waals surface area contributed by atoms with Gasteiger partial charge in [-0.05, 0) is 0 Å². The quantitative estimate of drug-likeness (QED) is 0.508. The van der Waals surface area contributed by atoms with Crippen LogP contribution < -0.4 is 0 Å². The molecule has 2 aliphatic rings. The van der Waals surface area contributed by atoms with Crippen molar-refractivity contribution in [1.82, 2.24) is 0 Å². The van der Waals surface area contributed by atoms with E-state index in [-0.39, 0.29) is 6.61 Å². The standard InChI is InChI=1S/C12H16O8/c1-5(13)17-8-4-16-12-11(19-7(3)15)10(9(8)20-12)18-6(2)14/h8-12H,4H2,1-3H3/t8-,9+,10+,11+,12-/m1/s1. The van der Waals surface area contributed by atoms with Crippen molar-refractivity contribution in [2.45, 2.75) is 51.5 Å². The van der Waals surface area contributed by atoms with Gasteiger partial charge in [-0.1, -0.05) is 0 Å². The van der Waals surface area contributed by atoms with Crippen molar-refractivity contribution in [2.75, 3.05) is 6.61 Å². The van der Waals surface area contributed by atoms with E-state index >= 15 is 0 Å². The van der Waals surface area contributed by atoms with E-state index in [1.807, 2.05) is 0 Å². The van der Waals surface area contributed by atoms with Crippen molar-refractivity contribution in [3.05, 3.63) is 0 Å². The highest BCUT2D eigenvalue weighted by Crippen LogP contribution is 2.34. The summed E-state index contributed by atoms with van der Waals surface area (Å²) in [7, 11) is 0. The van der Waals surface area contributed by atoms with E-state index in [4.69, 9.17) is 23.7 Å². The first-order valence-corrected chi connectivity index (χ1v) is 6.17. The van der Waals surface area contributed by atoms with Gasteiger partial charge >= 0.3 is 17.9 Å². The Morgan fingerprint density at radius 3 is 2.00 bits per heavy atom. The van der Waals surface area contributed by atoms with Gasteiger partial charge < -0.3 is 23.7 Å². The molecule has 0 aliphatic carbocycles. The Morgan fingerprint density at radius 1 is 0.900 bits per heavy atom. The summed E-state index contributed by atoms with van der Waals surface area (Å²) in [6.45, 7) is 3.81. The molecule has 8 nitrogen and oxygen atoms in total. The average Bonchev–Trinajstić information content (AvgIpc) is 2.57. The van der Waals surface area contributed by atoms with Crippen LogP contribution in [0, 0.1) is 0 Å². The summed E-state index contributed by atoms with van der Waals surface area (Å²) in [6.07, 6.45) is -4.00. The Bertz CT molecular complexity index is 420. The SMILES string of the molecule is CC(=O)O[C@@H]1[C@H](OC(C)=O)[C@@H]2OC[C@@H](OC(C)=O)[C@@H]1O2. The Morgan fingerprint density at radius 2 is 1.45 bits per heavy atom. The summed E-state index contributed by atoms with van der Waals surface area (Å²) in [5.74, 6) is -1.60. The van der Waals surface area contributed by atoms with Gasteiger partial charge in [0.2, 0.25) is 0 Å².